The second kappa shape index (κ2) is 12.4. The predicted octanol–water partition coefficient (Wildman–Crippen LogP) is 7.05. The van der Waals surface area contributed by atoms with E-state index in [1.54, 1.807) is 59.7 Å². The van der Waals surface area contributed by atoms with Gasteiger partial charge in [-0.15, -0.1) is 0 Å². The molecule has 0 aliphatic carbocycles. The number of amides is 2. The van der Waals surface area contributed by atoms with Crippen LogP contribution in [0.4, 0.5) is 32.3 Å². The Morgan fingerprint density at radius 2 is 1.68 bits per heavy atom. The number of nitrogens with one attached hydrogen (secondary N) is 1. The lowest BCUT2D eigenvalue weighted by molar-refractivity contribution is -0.141. The van der Waals surface area contributed by atoms with E-state index in [4.69, 9.17) is 9.47 Å². The highest BCUT2D eigenvalue weighted by Crippen LogP contribution is 2.34. The predicted molar refractivity (Wildman–Crippen MR) is 157 cm³/mol. The van der Waals surface area contributed by atoms with Crippen LogP contribution in [0.3, 0.4) is 0 Å². The van der Waals surface area contributed by atoms with Gasteiger partial charge >= 0.3 is 18.4 Å². The molecule has 3 aromatic heterocycles. The zero-order chi connectivity index (χ0) is 32.4. The molecule has 0 aliphatic rings. The van der Waals surface area contributed by atoms with E-state index < -0.39 is 47.2 Å². The van der Waals surface area contributed by atoms with Gasteiger partial charge in [-0.25, -0.2) is 24.5 Å². The van der Waals surface area contributed by atoms with Gasteiger partial charge in [-0.3, -0.25) is 4.90 Å². The highest BCUT2D eigenvalue weighted by atomic mass is 32.1. The number of rotatable bonds is 7. The molecule has 44 heavy (non-hydrogen) atoms. The molecular formula is C29H32F4N6O4S. The second-order valence-corrected chi connectivity index (χ2v) is 13.0. The molecule has 15 heteroatoms. The molecule has 0 unspecified atom stereocenters. The molecule has 0 aliphatic heterocycles. The zero-order valence-electron chi connectivity index (χ0n) is 24.9. The van der Waals surface area contributed by atoms with Crippen LogP contribution in [0.25, 0.3) is 21.2 Å². The Bertz CT molecular complexity index is 1640. The SMILES string of the molecule is CC(C)(C)OC(=O)N[C@H](CN(C(=O)OC(C)(C)C)c1ncc(-c2ccc3cnc(F)cc3c2)s1)Cn1cnc(C(F)(F)F)c1. The smallest absolute Gasteiger partial charge is 0.434 e. The van der Waals surface area contributed by atoms with Crippen LogP contribution in [0.15, 0.2) is 49.2 Å². The number of alkyl carbamates (subject to hydrolysis) is 1. The minimum Gasteiger partial charge on any atom is -0.444 e. The third-order valence-electron chi connectivity index (χ3n) is 5.79. The molecule has 3 heterocycles. The van der Waals surface area contributed by atoms with Crippen LogP contribution in [-0.4, -0.2) is 55.5 Å². The molecule has 0 bridgehead atoms. The van der Waals surface area contributed by atoms with Gasteiger partial charge in [0.1, 0.15) is 11.2 Å². The maximum Gasteiger partial charge on any atom is 0.434 e. The van der Waals surface area contributed by atoms with Crippen molar-refractivity contribution >= 4 is 39.4 Å². The molecule has 0 saturated carbocycles. The Morgan fingerprint density at radius 1 is 0.977 bits per heavy atom. The number of carbonyl (C=O) groups is 2. The van der Waals surface area contributed by atoms with E-state index >= 15 is 0 Å². The number of pyridine rings is 1. The first-order valence-corrected chi connectivity index (χ1v) is 14.3. The fourth-order valence-electron chi connectivity index (χ4n) is 4.04. The molecule has 10 nitrogen and oxygen atoms in total. The minimum absolute atomic E-state index is 0.190. The molecule has 0 radical (unpaired) electrons. The van der Waals surface area contributed by atoms with Gasteiger partial charge in [0.2, 0.25) is 5.95 Å². The molecule has 0 saturated heterocycles. The molecule has 0 spiro atoms. The molecule has 1 N–H and O–H groups in total. The number of thiazole rings is 1. The van der Waals surface area contributed by atoms with Gasteiger partial charge in [0.15, 0.2) is 10.8 Å². The number of imidazole rings is 1. The van der Waals surface area contributed by atoms with E-state index in [1.807, 2.05) is 0 Å². The number of hydrogen-bond acceptors (Lipinski definition) is 8. The van der Waals surface area contributed by atoms with Crippen LogP contribution in [-0.2, 0) is 22.2 Å². The van der Waals surface area contributed by atoms with Crippen molar-refractivity contribution in [3.63, 3.8) is 0 Å². The molecule has 1 aromatic carbocycles. The molecule has 4 rings (SSSR count). The largest absolute Gasteiger partial charge is 0.444 e. The summed E-state index contributed by atoms with van der Waals surface area (Å²) in [6.07, 6.45) is -1.53. The van der Waals surface area contributed by atoms with E-state index in [0.717, 1.165) is 33.8 Å². The fourth-order valence-corrected chi connectivity index (χ4v) is 4.95. The van der Waals surface area contributed by atoms with Crippen LogP contribution in [0.5, 0.6) is 0 Å². The van der Waals surface area contributed by atoms with Crippen molar-refractivity contribution in [3.05, 3.63) is 60.8 Å². The van der Waals surface area contributed by atoms with E-state index in [1.165, 1.54) is 23.4 Å². The Morgan fingerprint density at radius 3 is 2.32 bits per heavy atom. The molecule has 0 fully saturated rings. The summed E-state index contributed by atoms with van der Waals surface area (Å²) in [5.41, 5.74) is -2.15. The van der Waals surface area contributed by atoms with Crippen LogP contribution in [0.1, 0.15) is 47.2 Å². The summed E-state index contributed by atoms with van der Waals surface area (Å²) in [6, 6.07) is 5.70. The van der Waals surface area contributed by atoms with Crippen LogP contribution in [0.2, 0.25) is 0 Å². The number of benzene rings is 1. The first-order valence-electron chi connectivity index (χ1n) is 13.5. The Labute approximate surface area is 255 Å². The van der Waals surface area contributed by atoms with E-state index in [9.17, 15) is 27.2 Å². The number of fused-ring (bicyclic) bond motifs is 1. The lowest BCUT2D eigenvalue weighted by Crippen LogP contribution is -2.50. The fraction of sp³-hybridized carbons (Fsp3) is 0.414. The van der Waals surface area contributed by atoms with Gasteiger partial charge in [-0.05, 0) is 58.6 Å². The lowest BCUT2D eigenvalue weighted by atomic mass is 10.1. The molecular weight excluding hydrogens is 604 g/mol. The summed E-state index contributed by atoms with van der Waals surface area (Å²) in [5, 5.41) is 4.20. The number of carbonyl (C=O) groups excluding carboxylic acids is 2. The Kier molecular flexibility index (Phi) is 9.18. The van der Waals surface area contributed by atoms with Crippen LogP contribution < -0.4 is 10.2 Å². The summed E-state index contributed by atoms with van der Waals surface area (Å²) >= 11 is 1.14. The van der Waals surface area contributed by atoms with Crippen LogP contribution in [0, 0.1) is 5.95 Å². The number of nitrogens with zero attached hydrogens (tertiary/aromatic N) is 5. The van der Waals surface area contributed by atoms with Crippen molar-refractivity contribution in [3.8, 4) is 10.4 Å². The third-order valence-corrected chi connectivity index (χ3v) is 6.86. The normalized spacial score (nSPS) is 13.0. The molecule has 1 atom stereocenters. The number of aromatic nitrogens is 4. The number of alkyl halides is 3. The first kappa shape index (κ1) is 32.6. The van der Waals surface area contributed by atoms with Crippen molar-refractivity contribution in [2.24, 2.45) is 0 Å². The number of ether oxygens (including phenoxy) is 2. The minimum atomic E-state index is -4.66. The summed E-state index contributed by atoms with van der Waals surface area (Å²) in [6.45, 7) is 9.60. The zero-order valence-corrected chi connectivity index (χ0v) is 25.7. The lowest BCUT2D eigenvalue weighted by Gasteiger charge is -2.30. The summed E-state index contributed by atoms with van der Waals surface area (Å²) in [7, 11) is 0. The maximum atomic E-state index is 13.7. The molecule has 236 valence electrons. The highest BCUT2D eigenvalue weighted by molar-refractivity contribution is 7.19. The standard InChI is InChI=1S/C29H32F4N6O4S/c1-27(2,3)42-25(40)37-20(13-38-15-22(36-16-38)29(31,32)33)14-39(26(41)43-28(4,5)6)24-35-12-21(44-24)17-7-8-18-11-34-23(30)10-19(18)9-17/h7-12,15-16,20H,13-14H2,1-6H3,(H,37,40)/t20-/m0/s1. The first-order chi connectivity index (χ1) is 20.4. The number of halogens is 4. The van der Waals surface area contributed by atoms with E-state index in [2.05, 4.69) is 20.3 Å². The van der Waals surface area contributed by atoms with E-state index in [-0.39, 0.29) is 18.2 Å². The van der Waals surface area contributed by atoms with Crippen molar-refractivity contribution < 1.29 is 36.6 Å². The van der Waals surface area contributed by atoms with Gasteiger partial charge in [-0.2, -0.15) is 17.6 Å². The van der Waals surface area contributed by atoms with E-state index in [0.29, 0.717) is 15.8 Å². The van der Waals surface area contributed by atoms with Crippen molar-refractivity contribution in [1.29, 1.82) is 0 Å². The average molecular weight is 637 g/mol. The highest BCUT2D eigenvalue weighted by Gasteiger charge is 2.34. The summed E-state index contributed by atoms with van der Waals surface area (Å²) in [4.78, 5) is 39.6. The third kappa shape index (κ3) is 8.88. The van der Waals surface area contributed by atoms with Gasteiger partial charge < -0.3 is 19.4 Å². The Balaban J connectivity index is 1.68. The number of anilines is 1. The quantitative estimate of drug-likeness (QED) is 0.171. The topological polar surface area (TPSA) is 111 Å². The molecule has 4 aromatic rings. The number of hydrogen-bond donors (Lipinski definition) is 1. The monoisotopic (exact) mass is 636 g/mol. The molecule has 2 amide bonds. The van der Waals surface area contributed by atoms with Crippen LogP contribution >= 0.6 is 11.3 Å². The van der Waals surface area contributed by atoms with Gasteiger partial charge in [0.05, 0.1) is 23.8 Å². The van der Waals surface area contributed by atoms with Gasteiger partial charge in [0, 0.05) is 36.6 Å². The van der Waals surface area contributed by atoms with Crippen molar-refractivity contribution in [1.82, 2.24) is 24.8 Å². The average Bonchev–Trinajstić information content (AvgIpc) is 3.54. The second-order valence-electron chi connectivity index (χ2n) is 12.0. The maximum absolute atomic E-state index is 13.7. The van der Waals surface area contributed by atoms with Crippen molar-refractivity contribution in [2.75, 3.05) is 11.4 Å². The van der Waals surface area contributed by atoms with Gasteiger partial charge in [0.25, 0.3) is 0 Å². The summed E-state index contributed by atoms with van der Waals surface area (Å²) < 4.78 is 65.5. The van der Waals surface area contributed by atoms with Crippen molar-refractivity contribution in [2.45, 2.75) is 71.5 Å². The van der Waals surface area contributed by atoms with Gasteiger partial charge in [-0.1, -0.05) is 23.5 Å². The Hall–Kier alpha value is -4.27. The summed E-state index contributed by atoms with van der Waals surface area (Å²) in [5.74, 6) is -0.625.